The molecule has 0 radical (unpaired) electrons. The van der Waals surface area contributed by atoms with Gasteiger partial charge < -0.3 is 15.2 Å². The zero-order chi connectivity index (χ0) is 35.4. The molecule has 47 heavy (non-hydrogen) atoms. The Morgan fingerprint density at radius 2 is 1.36 bits per heavy atom. The van der Waals surface area contributed by atoms with Crippen LogP contribution in [0.3, 0.4) is 0 Å². The maximum Gasteiger partial charge on any atom is 0.412 e. The minimum Gasteiger partial charge on any atom is -0.478 e. The number of alkyl halides is 3. The van der Waals surface area contributed by atoms with E-state index in [1.165, 1.54) is 36.4 Å². The van der Waals surface area contributed by atoms with Crippen molar-refractivity contribution in [3.63, 3.8) is 0 Å². The van der Waals surface area contributed by atoms with E-state index < -0.39 is 64.8 Å². The lowest BCUT2D eigenvalue weighted by molar-refractivity contribution is -0.184. The monoisotopic (exact) mass is 657 g/mol. The van der Waals surface area contributed by atoms with E-state index in [1.54, 1.807) is 30.3 Å². The zero-order valence-corrected chi connectivity index (χ0v) is 26.9. The number of Topliss-reactive ketones (excluding diaryl/α,β-unsaturated/α-hetero) is 1. The Morgan fingerprint density at radius 3 is 1.87 bits per heavy atom. The van der Waals surface area contributed by atoms with E-state index in [2.05, 4.69) is 10.6 Å². The Labute approximate surface area is 269 Å². The van der Waals surface area contributed by atoms with Gasteiger partial charge in [0.15, 0.2) is 5.78 Å². The molecular formula is C34H38F3N3O7. The molecule has 252 valence electrons. The second-order valence-corrected chi connectivity index (χ2v) is 12.5. The van der Waals surface area contributed by atoms with Crippen molar-refractivity contribution < 1.29 is 42.2 Å². The first-order chi connectivity index (χ1) is 21.7. The smallest absolute Gasteiger partial charge is 0.412 e. The number of aromatic carboxylic acids is 1. The number of halogens is 3. The number of nitrogens with zero attached hydrogens (tertiary/aromatic N) is 1. The van der Waals surface area contributed by atoms with Gasteiger partial charge in [-0.25, -0.2) is 22.8 Å². The highest BCUT2D eigenvalue weighted by atomic mass is 19.2. The lowest BCUT2D eigenvalue weighted by atomic mass is 9.55. The van der Waals surface area contributed by atoms with Gasteiger partial charge in [0, 0.05) is 0 Å². The van der Waals surface area contributed by atoms with Gasteiger partial charge in [0.25, 0.3) is 5.56 Å². The topological polar surface area (TPSA) is 144 Å². The summed E-state index contributed by atoms with van der Waals surface area (Å²) >= 11 is 0. The first-order valence-corrected chi connectivity index (χ1v) is 14.6. The third-order valence-electron chi connectivity index (χ3n) is 7.89. The molecule has 0 saturated carbocycles. The summed E-state index contributed by atoms with van der Waals surface area (Å²) in [6.07, 6.45) is -0.959. The van der Waals surface area contributed by atoms with Gasteiger partial charge >= 0.3 is 12.1 Å². The third kappa shape index (κ3) is 7.90. The van der Waals surface area contributed by atoms with Crippen LogP contribution in [0.4, 0.5) is 23.7 Å². The van der Waals surface area contributed by atoms with E-state index in [9.17, 15) is 29.1 Å². The van der Waals surface area contributed by atoms with E-state index in [0.717, 1.165) is 46.1 Å². The number of carboxylic acids is 1. The van der Waals surface area contributed by atoms with E-state index in [4.69, 9.17) is 4.74 Å². The van der Waals surface area contributed by atoms with Crippen LogP contribution in [-0.2, 0) is 27.5 Å². The third-order valence-corrected chi connectivity index (χ3v) is 7.89. The van der Waals surface area contributed by atoms with Crippen LogP contribution in [0.5, 0.6) is 0 Å². The van der Waals surface area contributed by atoms with Crippen LogP contribution in [0.25, 0.3) is 11.3 Å². The number of anilines is 1. The molecule has 0 bridgehead atoms. The Morgan fingerprint density at radius 1 is 0.809 bits per heavy atom. The lowest BCUT2D eigenvalue weighted by Crippen LogP contribution is -2.68. The van der Waals surface area contributed by atoms with E-state index in [0.29, 0.717) is 11.1 Å². The summed E-state index contributed by atoms with van der Waals surface area (Å²) in [7, 11) is 0. The maximum atomic E-state index is 15.6. The number of nitrogens with one attached hydrogen (secondary N) is 2. The highest BCUT2D eigenvalue weighted by Gasteiger charge is 2.69. The van der Waals surface area contributed by atoms with Gasteiger partial charge in [-0.05, 0) is 76.9 Å². The number of ketones is 1. The predicted octanol–water partition coefficient (Wildman–Crippen LogP) is 5.88. The normalized spacial score (nSPS) is 12.3. The van der Waals surface area contributed by atoms with Crippen LogP contribution in [0.15, 0.2) is 71.5 Å². The molecular weight excluding hydrogens is 619 g/mol. The quantitative estimate of drug-likeness (QED) is 0.208. The van der Waals surface area contributed by atoms with E-state index >= 15 is 13.2 Å². The molecule has 2 amide bonds. The van der Waals surface area contributed by atoms with Gasteiger partial charge in [-0.3, -0.25) is 24.3 Å². The van der Waals surface area contributed by atoms with Crippen molar-refractivity contribution in [2.24, 2.45) is 5.41 Å². The zero-order valence-electron chi connectivity index (χ0n) is 26.9. The van der Waals surface area contributed by atoms with Gasteiger partial charge in [0.2, 0.25) is 5.91 Å². The Hall–Kier alpha value is -4.94. The number of aromatic nitrogens is 1. The standard InChI is InChI=1S/C34H38F3N3O7/c1-31(2,35)34(32(3,4)36,33(5,6)37)26(41)18-38-27(42)19-40-25(22-12-14-23(15-13-22)29(44)45)17-16-24(28(40)43)39-30(46)47-20-21-10-8-7-9-11-21/h7-17H,18-20H2,1-6H3,(H,38,42)(H,39,46)(H,44,45). The van der Waals surface area contributed by atoms with Gasteiger partial charge in [-0.2, -0.15) is 0 Å². The summed E-state index contributed by atoms with van der Waals surface area (Å²) in [5.41, 5.74) is -11.0. The second kappa shape index (κ2) is 13.8. The number of carbonyl (C=O) groups excluding carboxylic acids is 3. The van der Waals surface area contributed by atoms with Crippen molar-refractivity contribution >= 4 is 29.4 Å². The Bertz CT molecular complexity index is 1650. The summed E-state index contributed by atoms with van der Waals surface area (Å²) in [6.45, 7) is 3.53. The molecule has 0 fully saturated rings. The number of rotatable bonds is 13. The van der Waals surface area contributed by atoms with Crippen LogP contribution >= 0.6 is 0 Å². The van der Waals surface area contributed by atoms with Crippen molar-refractivity contribution in [2.45, 2.75) is 71.7 Å². The van der Waals surface area contributed by atoms with E-state index in [-0.39, 0.29) is 23.6 Å². The van der Waals surface area contributed by atoms with Crippen molar-refractivity contribution in [1.29, 1.82) is 0 Å². The first-order valence-electron chi connectivity index (χ1n) is 14.6. The molecule has 0 saturated heterocycles. The Balaban J connectivity index is 1.94. The number of ether oxygens (including phenoxy) is 1. The van der Waals surface area contributed by atoms with Gasteiger partial charge in [-0.15, -0.1) is 0 Å². The maximum absolute atomic E-state index is 15.6. The van der Waals surface area contributed by atoms with Gasteiger partial charge in [-0.1, -0.05) is 42.5 Å². The molecule has 10 nitrogen and oxygen atoms in total. The molecule has 0 aliphatic carbocycles. The SMILES string of the molecule is CC(C)(F)C(C(=O)CNC(=O)Cn1c(-c2ccc(C(=O)O)cc2)ccc(NC(=O)OCc2ccccc2)c1=O)(C(C)(C)F)C(C)(C)F. The number of pyridine rings is 1. The molecule has 0 atom stereocenters. The van der Waals surface area contributed by atoms with Crippen molar-refractivity contribution in [3.05, 3.63) is 88.2 Å². The van der Waals surface area contributed by atoms with Crippen LogP contribution in [0, 0.1) is 5.41 Å². The molecule has 0 unspecified atom stereocenters. The van der Waals surface area contributed by atoms with Crippen LogP contribution in [-0.4, -0.2) is 57.0 Å². The van der Waals surface area contributed by atoms with Crippen molar-refractivity contribution in [2.75, 3.05) is 11.9 Å². The highest BCUT2D eigenvalue weighted by molar-refractivity contribution is 5.93. The van der Waals surface area contributed by atoms with Gasteiger partial charge in [0.1, 0.15) is 41.3 Å². The molecule has 0 aliphatic rings. The summed E-state index contributed by atoms with van der Waals surface area (Å²) < 4.78 is 52.8. The molecule has 1 aromatic heterocycles. The Kier molecular flexibility index (Phi) is 10.7. The molecule has 2 aromatic carbocycles. The summed E-state index contributed by atoms with van der Waals surface area (Å²) in [5, 5.41) is 13.8. The molecule has 3 rings (SSSR count). The highest BCUT2D eigenvalue weighted by Crippen LogP contribution is 2.55. The van der Waals surface area contributed by atoms with Crippen LogP contribution in [0.1, 0.15) is 57.5 Å². The largest absolute Gasteiger partial charge is 0.478 e. The summed E-state index contributed by atoms with van der Waals surface area (Å²) in [4.78, 5) is 64.0. The molecule has 3 N–H and O–H groups in total. The number of hydrogen-bond acceptors (Lipinski definition) is 6. The average Bonchev–Trinajstić information content (AvgIpc) is 2.95. The second-order valence-electron chi connectivity index (χ2n) is 12.5. The van der Waals surface area contributed by atoms with Crippen molar-refractivity contribution in [1.82, 2.24) is 9.88 Å². The fourth-order valence-corrected chi connectivity index (χ4v) is 6.36. The predicted molar refractivity (Wildman–Crippen MR) is 169 cm³/mol. The minimum absolute atomic E-state index is 0.0378. The van der Waals surface area contributed by atoms with Crippen LogP contribution < -0.4 is 16.2 Å². The average molecular weight is 658 g/mol. The van der Waals surface area contributed by atoms with Crippen molar-refractivity contribution in [3.8, 4) is 11.3 Å². The number of hydrogen-bond donors (Lipinski definition) is 3. The minimum atomic E-state index is -2.84. The fraction of sp³-hybridized carbons (Fsp3) is 0.382. The summed E-state index contributed by atoms with van der Waals surface area (Å²) in [5.74, 6) is -3.38. The molecule has 13 heteroatoms. The summed E-state index contributed by atoms with van der Waals surface area (Å²) in [6, 6.07) is 16.8. The van der Waals surface area contributed by atoms with Gasteiger partial charge in [0.05, 0.1) is 17.8 Å². The fourth-order valence-electron chi connectivity index (χ4n) is 6.36. The lowest BCUT2D eigenvalue weighted by Gasteiger charge is -2.52. The first kappa shape index (κ1) is 36.5. The number of carbonyl (C=O) groups is 4. The number of carboxylic acid groups (broad SMARTS) is 1. The van der Waals surface area contributed by atoms with Crippen LogP contribution in [0.2, 0.25) is 0 Å². The number of amides is 2. The van der Waals surface area contributed by atoms with E-state index in [1.807, 2.05) is 0 Å². The molecule has 0 spiro atoms. The number of benzene rings is 2. The molecule has 1 heterocycles. The molecule has 0 aliphatic heterocycles. The molecule has 3 aromatic rings.